The summed E-state index contributed by atoms with van der Waals surface area (Å²) in [6, 6.07) is 17.3. The van der Waals surface area contributed by atoms with Gasteiger partial charge in [-0.2, -0.15) is 0 Å². The number of rotatable bonds is 9. The number of anilines is 1. The van der Waals surface area contributed by atoms with Crippen LogP contribution in [0.4, 0.5) is 5.69 Å². The Hall–Kier alpha value is -3.98. The first-order valence-corrected chi connectivity index (χ1v) is 11.0. The van der Waals surface area contributed by atoms with E-state index in [9.17, 15) is 9.59 Å². The van der Waals surface area contributed by atoms with Gasteiger partial charge in [0.25, 0.3) is 5.91 Å². The molecule has 9 nitrogen and oxygen atoms in total. The molecular weight excluding hydrogens is 434 g/mol. The highest BCUT2D eigenvalue weighted by Gasteiger charge is 2.36. The average Bonchev–Trinajstić information content (AvgIpc) is 3.44. The van der Waals surface area contributed by atoms with E-state index >= 15 is 0 Å². The normalized spacial score (nSPS) is 12.0. The zero-order chi connectivity index (χ0) is 24.1. The van der Waals surface area contributed by atoms with Crippen molar-refractivity contribution in [2.45, 2.75) is 26.4 Å². The number of nitrogens with one attached hydrogen (secondary N) is 1. The molecule has 1 atom stereocenters. The van der Waals surface area contributed by atoms with Crippen molar-refractivity contribution < 1.29 is 18.7 Å². The van der Waals surface area contributed by atoms with Crippen LogP contribution in [-0.2, 0) is 20.9 Å². The van der Waals surface area contributed by atoms with Gasteiger partial charge in [0.1, 0.15) is 23.6 Å². The maximum atomic E-state index is 13.9. The number of hydrogen-bond acceptors (Lipinski definition) is 6. The predicted molar refractivity (Wildman–Crippen MR) is 127 cm³/mol. The van der Waals surface area contributed by atoms with Crippen LogP contribution in [0.2, 0.25) is 0 Å². The third-order valence-electron chi connectivity index (χ3n) is 5.49. The van der Waals surface area contributed by atoms with Crippen molar-refractivity contribution in [3.63, 3.8) is 0 Å². The number of para-hydroxylation sites is 2. The van der Waals surface area contributed by atoms with Crippen LogP contribution in [0.25, 0.3) is 11.0 Å². The summed E-state index contributed by atoms with van der Waals surface area (Å²) in [6.07, 6.45) is 0. The first-order chi connectivity index (χ1) is 16.5. The second-order valence-corrected chi connectivity index (χ2v) is 7.92. The molecule has 0 spiro atoms. The largest absolute Gasteiger partial charge is 0.464 e. The minimum absolute atomic E-state index is 0.101. The van der Waals surface area contributed by atoms with Crippen molar-refractivity contribution in [1.29, 1.82) is 0 Å². The second-order valence-electron chi connectivity index (χ2n) is 7.92. The summed E-state index contributed by atoms with van der Waals surface area (Å²) in [7, 11) is 1.56. The van der Waals surface area contributed by atoms with Gasteiger partial charge < -0.3 is 14.5 Å². The van der Waals surface area contributed by atoms with Crippen LogP contribution in [0.5, 0.6) is 0 Å². The number of nitrogens with zero attached hydrogens (tertiary/aromatic N) is 4. The molecule has 1 N–H and O–H groups in total. The van der Waals surface area contributed by atoms with Crippen molar-refractivity contribution in [3.05, 3.63) is 77.7 Å². The van der Waals surface area contributed by atoms with Gasteiger partial charge in [0.05, 0.1) is 12.1 Å². The highest BCUT2D eigenvalue weighted by molar-refractivity contribution is 6.01. The number of amides is 2. The lowest BCUT2D eigenvalue weighted by atomic mass is 10.1. The smallest absolute Gasteiger partial charge is 0.251 e. The van der Waals surface area contributed by atoms with Gasteiger partial charge in [0.2, 0.25) is 5.91 Å². The average molecular weight is 462 g/mol. The summed E-state index contributed by atoms with van der Waals surface area (Å²) in [4.78, 5) is 28.8. The fraction of sp³-hybridized carbons (Fsp3) is 0.280. The molecule has 0 aliphatic heterocycles. The summed E-state index contributed by atoms with van der Waals surface area (Å²) in [5.74, 6) is 0.314. The van der Waals surface area contributed by atoms with Gasteiger partial charge in [0, 0.05) is 19.3 Å². The highest BCUT2D eigenvalue weighted by atomic mass is 16.5. The van der Waals surface area contributed by atoms with Gasteiger partial charge in [-0.25, -0.2) is 4.68 Å². The van der Waals surface area contributed by atoms with Crippen LogP contribution in [0.15, 0.2) is 65.1 Å². The number of carbonyl (C=O) groups excluding carboxylic acids is 2. The van der Waals surface area contributed by atoms with Crippen molar-refractivity contribution >= 4 is 28.5 Å². The molecule has 2 aromatic heterocycles. The Labute approximate surface area is 197 Å². The van der Waals surface area contributed by atoms with Crippen LogP contribution < -0.4 is 10.2 Å². The molecule has 2 amide bonds. The van der Waals surface area contributed by atoms with Gasteiger partial charge in [-0.05, 0) is 49.7 Å². The van der Waals surface area contributed by atoms with E-state index in [4.69, 9.17) is 9.15 Å². The van der Waals surface area contributed by atoms with Gasteiger partial charge in [-0.1, -0.05) is 35.5 Å². The van der Waals surface area contributed by atoms with E-state index in [-0.39, 0.29) is 18.4 Å². The van der Waals surface area contributed by atoms with Gasteiger partial charge in [-0.15, -0.1) is 5.10 Å². The zero-order valence-corrected chi connectivity index (χ0v) is 19.4. The Morgan fingerprint density at radius 3 is 2.59 bits per heavy atom. The standard InChI is InChI=1S/C25H27N5O4/c1-17-8-4-6-10-20(17)30(23(31)16-29-21-11-7-5-9-19(21)27-28-29)24(22-13-12-18(2)34-22)25(32)26-14-15-33-3/h4-13,24H,14-16H2,1-3H3,(H,26,32)/t24-/m0/s1. The molecule has 9 heteroatoms. The Morgan fingerprint density at radius 1 is 1.09 bits per heavy atom. The Bertz CT molecular complexity index is 1300. The number of hydrogen-bond donors (Lipinski definition) is 1. The number of ether oxygens (including phenoxy) is 1. The van der Waals surface area contributed by atoms with E-state index in [0.29, 0.717) is 35.9 Å². The molecule has 0 saturated carbocycles. The fourth-order valence-electron chi connectivity index (χ4n) is 3.84. The Balaban J connectivity index is 1.77. The summed E-state index contributed by atoms with van der Waals surface area (Å²) in [6.45, 7) is 4.24. The van der Waals surface area contributed by atoms with Gasteiger partial charge in [-0.3, -0.25) is 14.5 Å². The third kappa shape index (κ3) is 4.84. The molecule has 2 aromatic carbocycles. The molecule has 0 fully saturated rings. The molecule has 0 aliphatic rings. The van der Waals surface area contributed by atoms with Crippen molar-refractivity contribution in [3.8, 4) is 0 Å². The number of fused-ring (bicyclic) bond motifs is 1. The number of furan rings is 1. The first-order valence-electron chi connectivity index (χ1n) is 11.0. The molecule has 0 radical (unpaired) electrons. The van der Waals surface area contributed by atoms with Crippen LogP contribution in [0.1, 0.15) is 23.1 Å². The van der Waals surface area contributed by atoms with E-state index in [1.807, 2.05) is 55.5 Å². The van der Waals surface area contributed by atoms with Crippen molar-refractivity contribution in [2.75, 3.05) is 25.2 Å². The summed E-state index contributed by atoms with van der Waals surface area (Å²) >= 11 is 0. The topological polar surface area (TPSA) is 102 Å². The predicted octanol–water partition coefficient (Wildman–Crippen LogP) is 3.18. The number of methoxy groups -OCH3 is 1. The summed E-state index contributed by atoms with van der Waals surface area (Å²) < 4.78 is 12.5. The molecule has 4 aromatic rings. The highest BCUT2D eigenvalue weighted by Crippen LogP contribution is 2.32. The molecule has 0 bridgehead atoms. The zero-order valence-electron chi connectivity index (χ0n) is 19.4. The van der Waals surface area contributed by atoms with E-state index < -0.39 is 6.04 Å². The van der Waals surface area contributed by atoms with Crippen LogP contribution in [-0.4, -0.2) is 47.1 Å². The van der Waals surface area contributed by atoms with Crippen molar-refractivity contribution in [2.24, 2.45) is 0 Å². The minimum Gasteiger partial charge on any atom is -0.464 e. The van der Waals surface area contributed by atoms with Crippen molar-refractivity contribution in [1.82, 2.24) is 20.3 Å². The molecule has 34 heavy (non-hydrogen) atoms. The minimum atomic E-state index is -1.02. The molecule has 2 heterocycles. The summed E-state index contributed by atoms with van der Waals surface area (Å²) in [5, 5.41) is 11.1. The molecule has 0 unspecified atom stereocenters. The van der Waals surface area contributed by atoms with Crippen LogP contribution in [0.3, 0.4) is 0 Å². The third-order valence-corrected chi connectivity index (χ3v) is 5.49. The first kappa shape index (κ1) is 23.2. The van der Waals surface area contributed by atoms with Gasteiger partial charge >= 0.3 is 0 Å². The Kier molecular flexibility index (Phi) is 7.03. The number of carbonyl (C=O) groups is 2. The number of aryl methyl sites for hydroxylation is 2. The van der Waals surface area contributed by atoms with E-state index in [1.165, 1.54) is 9.58 Å². The quantitative estimate of drug-likeness (QED) is 0.384. The monoisotopic (exact) mass is 461 g/mol. The molecule has 0 aliphatic carbocycles. The van der Waals surface area contributed by atoms with Crippen LogP contribution >= 0.6 is 0 Å². The molecule has 0 saturated heterocycles. The van der Waals surface area contributed by atoms with E-state index in [2.05, 4.69) is 15.6 Å². The maximum Gasteiger partial charge on any atom is 0.251 e. The lowest BCUT2D eigenvalue weighted by molar-refractivity contribution is -0.127. The molecule has 176 valence electrons. The SMILES string of the molecule is COCCNC(=O)[C@H](c1ccc(C)o1)N(C(=O)Cn1nnc2ccccc21)c1ccccc1C. The van der Waals surface area contributed by atoms with Crippen LogP contribution in [0, 0.1) is 13.8 Å². The molecular formula is C25H27N5O4. The maximum absolute atomic E-state index is 13.9. The summed E-state index contributed by atoms with van der Waals surface area (Å²) in [5.41, 5.74) is 2.87. The van der Waals surface area contributed by atoms with E-state index in [1.54, 1.807) is 26.2 Å². The second kappa shape index (κ2) is 10.3. The Morgan fingerprint density at radius 2 is 1.85 bits per heavy atom. The number of aromatic nitrogens is 3. The lowest BCUT2D eigenvalue weighted by Crippen LogP contribution is -2.46. The molecule has 4 rings (SSSR count). The van der Waals surface area contributed by atoms with Gasteiger partial charge in [0.15, 0.2) is 6.04 Å². The fourth-order valence-corrected chi connectivity index (χ4v) is 3.84. The number of benzene rings is 2. The lowest BCUT2D eigenvalue weighted by Gasteiger charge is -2.31. The van der Waals surface area contributed by atoms with E-state index in [0.717, 1.165) is 11.1 Å².